The van der Waals surface area contributed by atoms with Crippen LogP contribution in [0.5, 0.6) is 5.75 Å². The molecule has 0 amide bonds. The van der Waals surface area contributed by atoms with Gasteiger partial charge in [-0.3, -0.25) is 0 Å². The first kappa shape index (κ1) is 10.9. The van der Waals surface area contributed by atoms with E-state index in [1.165, 1.54) is 0 Å². The normalized spacial score (nSPS) is 11.2. The van der Waals surface area contributed by atoms with Crippen LogP contribution in [0.1, 0.15) is 6.92 Å². The van der Waals surface area contributed by atoms with Crippen LogP contribution < -0.4 is 10.1 Å². The molecule has 0 aliphatic carbocycles. The summed E-state index contributed by atoms with van der Waals surface area (Å²) in [7, 11) is 1.65. The largest absolute Gasteiger partial charge is 0.497 e. The van der Waals surface area contributed by atoms with Gasteiger partial charge in [0.15, 0.2) is 0 Å². The second-order valence-electron chi connectivity index (χ2n) is 2.90. The predicted octanol–water partition coefficient (Wildman–Crippen LogP) is 3.25. The molecule has 0 atom stereocenters. The van der Waals surface area contributed by atoms with Gasteiger partial charge in [-0.1, -0.05) is 17.7 Å². The summed E-state index contributed by atoms with van der Waals surface area (Å²) in [4.78, 5) is 0. The van der Waals surface area contributed by atoms with Crippen LogP contribution in [0, 0.1) is 0 Å². The summed E-state index contributed by atoms with van der Waals surface area (Å²) >= 11 is 5.69. The Bertz CT molecular complexity index is 302. The average molecular weight is 212 g/mol. The summed E-state index contributed by atoms with van der Waals surface area (Å²) < 4.78 is 5.05. The highest BCUT2D eigenvalue weighted by atomic mass is 35.5. The zero-order chi connectivity index (χ0) is 10.4. The number of benzene rings is 1. The van der Waals surface area contributed by atoms with Crippen LogP contribution in [0.2, 0.25) is 0 Å². The summed E-state index contributed by atoms with van der Waals surface area (Å²) in [5, 5.41) is 4.01. The Balaban J connectivity index is 2.48. The summed E-state index contributed by atoms with van der Waals surface area (Å²) in [6.45, 7) is 2.60. The van der Waals surface area contributed by atoms with E-state index in [4.69, 9.17) is 16.3 Å². The van der Waals surface area contributed by atoms with E-state index in [0.717, 1.165) is 23.0 Å². The van der Waals surface area contributed by atoms with Crippen molar-refractivity contribution in [1.82, 2.24) is 0 Å². The van der Waals surface area contributed by atoms with Crippen LogP contribution in [0.4, 0.5) is 5.69 Å². The van der Waals surface area contributed by atoms with Crippen molar-refractivity contribution in [2.75, 3.05) is 19.0 Å². The molecule has 76 valence electrons. The van der Waals surface area contributed by atoms with Crippen LogP contribution in [0.15, 0.2) is 35.4 Å². The van der Waals surface area contributed by atoms with E-state index in [-0.39, 0.29) is 0 Å². The van der Waals surface area contributed by atoms with Gasteiger partial charge < -0.3 is 10.1 Å². The van der Waals surface area contributed by atoms with Gasteiger partial charge in [0, 0.05) is 17.3 Å². The zero-order valence-corrected chi connectivity index (χ0v) is 9.14. The van der Waals surface area contributed by atoms with Crippen LogP contribution >= 0.6 is 11.6 Å². The van der Waals surface area contributed by atoms with E-state index in [2.05, 4.69) is 5.32 Å². The second kappa shape index (κ2) is 5.55. The fraction of sp³-hybridized carbons (Fsp3) is 0.273. The lowest BCUT2D eigenvalue weighted by Crippen LogP contribution is -1.98. The maximum Gasteiger partial charge on any atom is 0.119 e. The molecule has 1 N–H and O–H groups in total. The van der Waals surface area contributed by atoms with Gasteiger partial charge in [-0.2, -0.15) is 0 Å². The maximum atomic E-state index is 5.69. The van der Waals surface area contributed by atoms with Gasteiger partial charge in [0.05, 0.1) is 7.11 Å². The lowest BCUT2D eigenvalue weighted by atomic mass is 10.3. The minimum atomic E-state index is 0.738. The summed E-state index contributed by atoms with van der Waals surface area (Å²) in [5.41, 5.74) is 1.06. The number of methoxy groups -OCH3 is 1. The quantitative estimate of drug-likeness (QED) is 0.826. The number of halogens is 1. The van der Waals surface area contributed by atoms with Gasteiger partial charge in [0.1, 0.15) is 5.75 Å². The molecule has 1 aromatic carbocycles. The number of anilines is 1. The first-order chi connectivity index (χ1) is 6.72. The topological polar surface area (TPSA) is 21.3 Å². The molecule has 2 nitrogen and oxygen atoms in total. The minimum Gasteiger partial charge on any atom is -0.497 e. The third kappa shape index (κ3) is 3.71. The van der Waals surface area contributed by atoms with Crippen molar-refractivity contribution in [1.29, 1.82) is 0 Å². The highest BCUT2D eigenvalue weighted by Gasteiger charge is 1.91. The molecule has 0 radical (unpaired) electrons. The molecule has 0 spiro atoms. The van der Waals surface area contributed by atoms with E-state index < -0.39 is 0 Å². The van der Waals surface area contributed by atoms with E-state index in [9.17, 15) is 0 Å². The molecular weight excluding hydrogens is 198 g/mol. The number of ether oxygens (including phenoxy) is 1. The molecule has 0 aromatic heterocycles. The van der Waals surface area contributed by atoms with E-state index in [1.54, 1.807) is 7.11 Å². The van der Waals surface area contributed by atoms with Crippen molar-refractivity contribution in [3.8, 4) is 5.75 Å². The van der Waals surface area contributed by atoms with Crippen molar-refractivity contribution >= 4 is 17.3 Å². The lowest BCUT2D eigenvalue weighted by Gasteiger charge is -2.04. The van der Waals surface area contributed by atoms with Gasteiger partial charge in [0.25, 0.3) is 0 Å². The highest BCUT2D eigenvalue weighted by molar-refractivity contribution is 6.29. The summed E-state index contributed by atoms with van der Waals surface area (Å²) in [6.07, 6.45) is 1.92. The molecule has 0 unspecified atom stereocenters. The van der Waals surface area contributed by atoms with Crippen LogP contribution in [0.25, 0.3) is 0 Å². The fourth-order valence-electron chi connectivity index (χ4n) is 1.02. The minimum absolute atomic E-state index is 0.738. The van der Waals surface area contributed by atoms with Crippen molar-refractivity contribution in [3.63, 3.8) is 0 Å². The van der Waals surface area contributed by atoms with Crippen molar-refractivity contribution in [3.05, 3.63) is 35.4 Å². The molecule has 0 heterocycles. The molecule has 0 fully saturated rings. The second-order valence-corrected chi connectivity index (χ2v) is 3.50. The molecule has 0 saturated heterocycles. The summed E-state index contributed by atoms with van der Waals surface area (Å²) in [6, 6.07) is 7.77. The van der Waals surface area contributed by atoms with Crippen molar-refractivity contribution < 1.29 is 4.74 Å². The van der Waals surface area contributed by atoms with Gasteiger partial charge in [-0.15, -0.1) is 0 Å². The van der Waals surface area contributed by atoms with Crippen LogP contribution in [-0.4, -0.2) is 13.7 Å². The Kier molecular flexibility index (Phi) is 4.33. The molecule has 0 bridgehead atoms. The Morgan fingerprint density at radius 1 is 1.43 bits per heavy atom. The number of hydrogen-bond donors (Lipinski definition) is 1. The first-order valence-corrected chi connectivity index (χ1v) is 4.80. The molecule has 1 aromatic rings. The number of nitrogens with one attached hydrogen (secondary N) is 1. The third-order valence-electron chi connectivity index (χ3n) is 1.78. The molecular formula is C11H14ClNO. The van der Waals surface area contributed by atoms with E-state index in [0.29, 0.717) is 0 Å². The van der Waals surface area contributed by atoms with Gasteiger partial charge in [-0.05, 0) is 31.2 Å². The van der Waals surface area contributed by atoms with Gasteiger partial charge >= 0.3 is 0 Å². The van der Waals surface area contributed by atoms with Crippen LogP contribution in [0.3, 0.4) is 0 Å². The summed E-state index contributed by atoms with van der Waals surface area (Å²) in [5.74, 6) is 0.861. The van der Waals surface area contributed by atoms with Gasteiger partial charge in [-0.25, -0.2) is 0 Å². The fourth-order valence-corrected chi connectivity index (χ4v) is 1.10. The van der Waals surface area contributed by atoms with Crippen LogP contribution in [-0.2, 0) is 0 Å². The molecule has 0 aliphatic heterocycles. The number of hydrogen-bond acceptors (Lipinski definition) is 2. The predicted molar refractivity (Wildman–Crippen MR) is 61.1 cm³/mol. The van der Waals surface area contributed by atoms with Crippen molar-refractivity contribution in [2.24, 2.45) is 0 Å². The van der Waals surface area contributed by atoms with Gasteiger partial charge in [0.2, 0.25) is 0 Å². The number of rotatable bonds is 4. The van der Waals surface area contributed by atoms with E-state index >= 15 is 0 Å². The number of allylic oxidation sites excluding steroid dienone is 1. The van der Waals surface area contributed by atoms with Crippen molar-refractivity contribution in [2.45, 2.75) is 6.92 Å². The lowest BCUT2D eigenvalue weighted by molar-refractivity contribution is 0.415. The maximum absolute atomic E-state index is 5.69. The first-order valence-electron chi connectivity index (χ1n) is 4.42. The molecule has 0 aliphatic rings. The Morgan fingerprint density at radius 2 is 2.07 bits per heavy atom. The molecule has 0 saturated carbocycles. The SMILES string of the molecule is COc1ccc(NCC=C(C)Cl)cc1. The molecule has 3 heteroatoms. The Morgan fingerprint density at radius 3 is 2.57 bits per heavy atom. The monoisotopic (exact) mass is 211 g/mol. The Hall–Kier alpha value is -1.15. The smallest absolute Gasteiger partial charge is 0.119 e. The highest BCUT2D eigenvalue weighted by Crippen LogP contribution is 2.14. The third-order valence-corrected chi connectivity index (χ3v) is 1.93. The zero-order valence-electron chi connectivity index (χ0n) is 8.38. The van der Waals surface area contributed by atoms with E-state index in [1.807, 2.05) is 37.3 Å². The molecule has 1 rings (SSSR count). The average Bonchev–Trinajstić information content (AvgIpc) is 2.18. The Labute approximate surface area is 89.5 Å². The standard InChI is InChI=1S/C11H14ClNO/c1-9(12)7-8-13-10-3-5-11(14-2)6-4-10/h3-7,13H,8H2,1-2H3. The molecule has 14 heavy (non-hydrogen) atoms.